The number of hydrogen-bond donors (Lipinski definition) is 1. The lowest BCUT2D eigenvalue weighted by Gasteiger charge is -2.32. The molecule has 0 amide bonds. The topological polar surface area (TPSA) is 21.3 Å². The summed E-state index contributed by atoms with van der Waals surface area (Å²) in [5.74, 6) is 0.851. The Morgan fingerprint density at radius 1 is 0.955 bits per heavy atom. The lowest BCUT2D eigenvalue weighted by atomic mass is 9.81. The van der Waals surface area contributed by atoms with Gasteiger partial charge in [0.05, 0.1) is 6.61 Å². The number of benzene rings is 2. The van der Waals surface area contributed by atoms with Gasteiger partial charge in [-0.1, -0.05) is 12.1 Å². The van der Waals surface area contributed by atoms with Crippen LogP contribution in [0.4, 0.5) is 8.78 Å². The van der Waals surface area contributed by atoms with Crippen molar-refractivity contribution >= 4 is 0 Å². The first-order valence-electron chi connectivity index (χ1n) is 7.57. The number of hydrogen-bond acceptors (Lipinski definition) is 2. The molecular weight excluding hydrogens is 284 g/mol. The predicted molar refractivity (Wildman–Crippen MR) is 82.0 cm³/mol. The minimum absolute atomic E-state index is 0.211. The summed E-state index contributed by atoms with van der Waals surface area (Å²) >= 11 is 0. The molecule has 2 aromatic carbocycles. The molecule has 116 valence electrons. The largest absolute Gasteiger partial charge is 0.493 e. The van der Waals surface area contributed by atoms with Gasteiger partial charge >= 0.3 is 0 Å². The molecule has 0 aromatic heterocycles. The monoisotopic (exact) mass is 303 g/mol. The Morgan fingerprint density at radius 3 is 2.27 bits per heavy atom. The number of ether oxygens (including phenoxy) is 1. The van der Waals surface area contributed by atoms with Gasteiger partial charge in [0.2, 0.25) is 0 Å². The van der Waals surface area contributed by atoms with Gasteiger partial charge < -0.3 is 10.1 Å². The van der Waals surface area contributed by atoms with E-state index in [1.54, 1.807) is 12.1 Å². The van der Waals surface area contributed by atoms with E-state index in [0.29, 0.717) is 24.2 Å². The molecule has 0 unspecified atom stereocenters. The van der Waals surface area contributed by atoms with Crippen LogP contribution in [-0.4, -0.2) is 19.7 Å². The maximum atomic E-state index is 13.1. The van der Waals surface area contributed by atoms with Crippen LogP contribution in [0.5, 0.6) is 5.75 Å². The zero-order valence-corrected chi connectivity index (χ0v) is 12.3. The summed E-state index contributed by atoms with van der Waals surface area (Å²) in [4.78, 5) is 0. The standard InChI is InChI=1S/C18H19F2NO/c19-15-3-1-13(2-4-15)18-9-10-21-11-14(18)12-22-17-7-5-16(20)6-8-17/h1-8,14,18,21H,9-12H2/t14-,18-/m0/s1. The molecule has 3 rings (SSSR count). The Kier molecular flexibility index (Phi) is 4.68. The molecular formula is C18H19F2NO. The summed E-state index contributed by atoms with van der Waals surface area (Å²) in [5, 5.41) is 3.38. The SMILES string of the molecule is Fc1ccc(OC[C@@H]2CNCC[C@H]2c2ccc(F)cc2)cc1. The van der Waals surface area contributed by atoms with Crippen LogP contribution in [0.25, 0.3) is 0 Å². The van der Waals surface area contributed by atoms with E-state index in [2.05, 4.69) is 5.32 Å². The second-order valence-electron chi connectivity index (χ2n) is 5.68. The summed E-state index contributed by atoms with van der Waals surface area (Å²) in [6, 6.07) is 12.8. The first kappa shape index (κ1) is 15.0. The molecule has 1 N–H and O–H groups in total. The van der Waals surface area contributed by atoms with E-state index in [0.717, 1.165) is 25.1 Å². The summed E-state index contributed by atoms with van der Waals surface area (Å²) in [7, 11) is 0. The van der Waals surface area contributed by atoms with Crippen LogP contribution in [-0.2, 0) is 0 Å². The molecule has 2 atom stereocenters. The fourth-order valence-corrected chi connectivity index (χ4v) is 2.98. The Hall–Kier alpha value is -1.94. The Bertz CT molecular complexity index is 597. The van der Waals surface area contributed by atoms with Gasteiger partial charge in [-0.2, -0.15) is 0 Å². The lowest BCUT2D eigenvalue weighted by Crippen LogP contribution is -2.38. The van der Waals surface area contributed by atoms with E-state index >= 15 is 0 Å². The van der Waals surface area contributed by atoms with E-state index in [4.69, 9.17) is 4.74 Å². The zero-order chi connectivity index (χ0) is 15.4. The van der Waals surface area contributed by atoms with Gasteiger partial charge in [-0.15, -0.1) is 0 Å². The minimum atomic E-state index is -0.268. The van der Waals surface area contributed by atoms with Crippen molar-refractivity contribution in [2.24, 2.45) is 5.92 Å². The second-order valence-corrected chi connectivity index (χ2v) is 5.68. The van der Waals surface area contributed by atoms with Gasteiger partial charge in [0, 0.05) is 12.5 Å². The molecule has 2 aromatic rings. The quantitative estimate of drug-likeness (QED) is 0.929. The molecule has 1 saturated heterocycles. The van der Waals surface area contributed by atoms with Gasteiger partial charge in [0.15, 0.2) is 0 Å². The second kappa shape index (κ2) is 6.88. The van der Waals surface area contributed by atoms with E-state index in [-0.39, 0.29) is 11.6 Å². The van der Waals surface area contributed by atoms with Gasteiger partial charge in [0.1, 0.15) is 17.4 Å². The first-order chi connectivity index (χ1) is 10.7. The van der Waals surface area contributed by atoms with Crippen molar-refractivity contribution in [1.82, 2.24) is 5.32 Å². The lowest BCUT2D eigenvalue weighted by molar-refractivity contribution is 0.197. The van der Waals surface area contributed by atoms with Crippen molar-refractivity contribution < 1.29 is 13.5 Å². The fourth-order valence-electron chi connectivity index (χ4n) is 2.98. The van der Waals surface area contributed by atoms with Crippen molar-refractivity contribution in [2.45, 2.75) is 12.3 Å². The van der Waals surface area contributed by atoms with Crippen molar-refractivity contribution in [1.29, 1.82) is 0 Å². The molecule has 2 nitrogen and oxygen atoms in total. The van der Waals surface area contributed by atoms with Gasteiger partial charge in [0.25, 0.3) is 0 Å². The minimum Gasteiger partial charge on any atom is -0.493 e. The number of piperidine rings is 1. The Balaban J connectivity index is 1.67. The Morgan fingerprint density at radius 2 is 1.59 bits per heavy atom. The van der Waals surface area contributed by atoms with Crippen LogP contribution in [0, 0.1) is 17.6 Å². The number of rotatable bonds is 4. The zero-order valence-electron chi connectivity index (χ0n) is 12.3. The van der Waals surface area contributed by atoms with E-state index < -0.39 is 0 Å². The highest BCUT2D eigenvalue weighted by atomic mass is 19.1. The number of nitrogens with one attached hydrogen (secondary N) is 1. The van der Waals surface area contributed by atoms with Crippen LogP contribution in [0.2, 0.25) is 0 Å². The van der Waals surface area contributed by atoms with E-state index in [9.17, 15) is 8.78 Å². The maximum Gasteiger partial charge on any atom is 0.123 e. The van der Waals surface area contributed by atoms with Crippen LogP contribution >= 0.6 is 0 Å². The molecule has 1 aliphatic rings. The molecule has 0 bridgehead atoms. The third-order valence-corrected chi connectivity index (χ3v) is 4.18. The third-order valence-electron chi connectivity index (χ3n) is 4.18. The van der Waals surface area contributed by atoms with Crippen LogP contribution in [0.1, 0.15) is 17.9 Å². The van der Waals surface area contributed by atoms with Crippen molar-refractivity contribution in [3.05, 3.63) is 65.7 Å². The maximum absolute atomic E-state index is 13.1. The fraction of sp³-hybridized carbons (Fsp3) is 0.333. The third kappa shape index (κ3) is 3.63. The van der Waals surface area contributed by atoms with Crippen LogP contribution in [0.15, 0.2) is 48.5 Å². The van der Waals surface area contributed by atoms with Crippen LogP contribution in [0.3, 0.4) is 0 Å². The number of halogens is 2. The molecule has 4 heteroatoms. The van der Waals surface area contributed by atoms with E-state index in [1.807, 2.05) is 12.1 Å². The highest BCUT2D eigenvalue weighted by Gasteiger charge is 2.27. The van der Waals surface area contributed by atoms with Crippen molar-refractivity contribution in [3.63, 3.8) is 0 Å². The average Bonchev–Trinajstić information content (AvgIpc) is 2.55. The molecule has 0 saturated carbocycles. The van der Waals surface area contributed by atoms with Gasteiger partial charge in [-0.05, 0) is 60.8 Å². The molecule has 1 heterocycles. The molecule has 1 fully saturated rings. The Labute approximate surface area is 129 Å². The predicted octanol–water partition coefficient (Wildman–Crippen LogP) is 3.74. The highest BCUT2D eigenvalue weighted by Crippen LogP contribution is 2.31. The smallest absolute Gasteiger partial charge is 0.123 e. The van der Waals surface area contributed by atoms with Crippen molar-refractivity contribution in [2.75, 3.05) is 19.7 Å². The summed E-state index contributed by atoms with van der Waals surface area (Å²) in [5.41, 5.74) is 1.15. The average molecular weight is 303 g/mol. The summed E-state index contributed by atoms with van der Waals surface area (Å²) in [6.45, 7) is 2.37. The molecule has 0 spiro atoms. The summed E-state index contributed by atoms with van der Waals surface area (Å²) in [6.07, 6.45) is 1.00. The van der Waals surface area contributed by atoms with E-state index in [1.165, 1.54) is 24.3 Å². The first-order valence-corrected chi connectivity index (χ1v) is 7.57. The molecule has 0 radical (unpaired) electrons. The van der Waals surface area contributed by atoms with Gasteiger partial charge in [-0.3, -0.25) is 0 Å². The van der Waals surface area contributed by atoms with Crippen LogP contribution < -0.4 is 10.1 Å². The normalized spacial score (nSPS) is 21.5. The molecule has 1 aliphatic heterocycles. The van der Waals surface area contributed by atoms with Crippen molar-refractivity contribution in [3.8, 4) is 5.75 Å². The molecule has 0 aliphatic carbocycles. The summed E-state index contributed by atoms with van der Waals surface area (Å²) < 4.78 is 31.8. The van der Waals surface area contributed by atoms with Gasteiger partial charge in [-0.25, -0.2) is 8.78 Å². The highest BCUT2D eigenvalue weighted by molar-refractivity contribution is 5.24. The molecule has 22 heavy (non-hydrogen) atoms.